The smallest absolute Gasteiger partial charge is 0.335 e. The van der Waals surface area contributed by atoms with Crippen LogP contribution in [0.15, 0.2) is 65.5 Å². The molecule has 7 nitrogen and oxygen atoms in total. The van der Waals surface area contributed by atoms with Crippen molar-refractivity contribution in [2.24, 2.45) is 0 Å². The summed E-state index contributed by atoms with van der Waals surface area (Å²) in [6.45, 7) is 7.81. The molecule has 0 aliphatic rings. The third-order valence-corrected chi connectivity index (χ3v) is 7.62. The van der Waals surface area contributed by atoms with Crippen molar-refractivity contribution in [1.82, 2.24) is 24.0 Å². The van der Waals surface area contributed by atoms with Crippen molar-refractivity contribution >= 4 is 23.0 Å². The average molecular weight is 548 g/mol. The molecule has 0 N–H and O–H groups in total. The maximum absolute atomic E-state index is 13.9. The summed E-state index contributed by atoms with van der Waals surface area (Å²) in [5, 5.41) is 4.88. The highest BCUT2D eigenvalue weighted by atomic mass is 35.5. The second-order valence-corrected chi connectivity index (χ2v) is 10.9. The van der Waals surface area contributed by atoms with E-state index in [-0.39, 0.29) is 17.6 Å². The number of benzene rings is 2. The quantitative estimate of drug-likeness (QED) is 0.258. The van der Waals surface area contributed by atoms with Gasteiger partial charge in [-0.25, -0.2) is 4.79 Å². The van der Waals surface area contributed by atoms with Gasteiger partial charge in [0, 0.05) is 30.3 Å². The first kappa shape index (κ1) is 28.6. The van der Waals surface area contributed by atoms with Crippen molar-refractivity contribution < 1.29 is 4.79 Å². The molecule has 8 heteroatoms. The summed E-state index contributed by atoms with van der Waals surface area (Å²) in [6, 6.07) is 19.5. The van der Waals surface area contributed by atoms with Crippen LogP contribution in [-0.2, 0) is 13.0 Å². The fourth-order valence-corrected chi connectivity index (χ4v) is 5.21. The maximum atomic E-state index is 13.9. The number of halogens is 1. The molecule has 0 bridgehead atoms. The number of fused-ring (bicyclic) bond motifs is 1. The van der Waals surface area contributed by atoms with Gasteiger partial charge in [0.15, 0.2) is 0 Å². The average Bonchev–Trinajstić information content (AvgIpc) is 3.21. The van der Waals surface area contributed by atoms with Gasteiger partial charge in [0.05, 0.1) is 22.8 Å². The highest BCUT2D eigenvalue weighted by Gasteiger charge is 2.26. The first-order valence-corrected chi connectivity index (χ1v) is 13.9. The molecule has 1 amide bonds. The Kier molecular flexibility index (Phi) is 9.25. The van der Waals surface area contributed by atoms with Crippen molar-refractivity contribution in [1.29, 1.82) is 0 Å². The molecular formula is C31H38ClN5O2. The molecule has 0 spiro atoms. The Labute approximate surface area is 235 Å². The van der Waals surface area contributed by atoms with Crippen LogP contribution in [0.4, 0.5) is 0 Å². The third-order valence-electron chi connectivity index (χ3n) is 7.15. The normalized spacial score (nSPS) is 12.3. The van der Waals surface area contributed by atoms with E-state index in [0.717, 1.165) is 36.2 Å². The van der Waals surface area contributed by atoms with Crippen LogP contribution in [0.25, 0.3) is 5.52 Å². The molecular weight excluding hydrogens is 510 g/mol. The van der Waals surface area contributed by atoms with E-state index in [9.17, 15) is 9.59 Å². The van der Waals surface area contributed by atoms with Crippen molar-refractivity contribution in [3.8, 4) is 0 Å². The number of aryl methyl sites for hydroxylation is 2. The first-order valence-electron chi connectivity index (χ1n) is 13.5. The predicted molar refractivity (Wildman–Crippen MR) is 158 cm³/mol. The van der Waals surface area contributed by atoms with Crippen LogP contribution >= 0.6 is 11.6 Å². The van der Waals surface area contributed by atoms with E-state index in [2.05, 4.69) is 16.9 Å². The van der Waals surface area contributed by atoms with Crippen LogP contribution in [0, 0.1) is 13.8 Å². The zero-order valence-electron chi connectivity index (χ0n) is 23.5. The number of amides is 1. The van der Waals surface area contributed by atoms with E-state index in [1.54, 1.807) is 11.5 Å². The highest BCUT2D eigenvalue weighted by molar-refractivity contribution is 6.34. The minimum Gasteiger partial charge on any atom is -0.335 e. The van der Waals surface area contributed by atoms with Gasteiger partial charge in [0.2, 0.25) is 0 Å². The summed E-state index contributed by atoms with van der Waals surface area (Å²) in [6.07, 6.45) is 2.12. The van der Waals surface area contributed by atoms with E-state index in [4.69, 9.17) is 11.6 Å². The number of aromatic nitrogens is 3. The Morgan fingerprint density at radius 2 is 1.77 bits per heavy atom. The van der Waals surface area contributed by atoms with E-state index >= 15 is 0 Å². The van der Waals surface area contributed by atoms with Crippen LogP contribution < -0.4 is 5.69 Å². The molecule has 2 aromatic heterocycles. The minimum atomic E-state index is -0.236. The van der Waals surface area contributed by atoms with Crippen molar-refractivity contribution in [3.05, 3.63) is 104 Å². The molecule has 1 unspecified atom stereocenters. The highest BCUT2D eigenvalue weighted by Crippen LogP contribution is 2.23. The molecule has 0 aliphatic heterocycles. The second-order valence-electron chi connectivity index (χ2n) is 10.5. The molecule has 0 fully saturated rings. The SMILES string of the molecule is CCC(Cc1cc2c(Cl)c(C)nn2c(=O)n1Cc1ccccc1)N(CCCN(C)C)C(=O)c1cccc(C)c1. The number of rotatable bonds is 11. The zero-order valence-corrected chi connectivity index (χ0v) is 24.3. The van der Waals surface area contributed by atoms with E-state index in [1.165, 1.54) is 4.52 Å². The molecule has 2 heterocycles. The number of nitrogens with zero attached hydrogens (tertiary/aromatic N) is 5. The lowest BCUT2D eigenvalue weighted by Crippen LogP contribution is -2.44. The fourth-order valence-electron chi connectivity index (χ4n) is 5.04. The van der Waals surface area contributed by atoms with E-state index in [1.807, 2.05) is 86.6 Å². The summed E-state index contributed by atoms with van der Waals surface area (Å²) in [4.78, 5) is 31.7. The molecule has 2 aromatic carbocycles. The van der Waals surface area contributed by atoms with Gasteiger partial charge in [-0.05, 0) is 71.1 Å². The summed E-state index contributed by atoms with van der Waals surface area (Å²) < 4.78 is 3.15. The van der Waals surface area contributed by atoms with Gasteiger partial charge in [-0.3, -0.25) is 9.36 Å². The topological polar surface area (TPSA) is 62.9 Å². The van der Waals surface area contributed by atoms with Gasteiger partial charge >= 0.3 is 5.69 Å². The molecule has 4 rings (SSSR count). The first-order chi connectivity index (χ1) is 18.7. The minimum absolute atomic E-state index is 0.0144. The van der Waals surface area contributed by atoms with Gasteiger partial charge in [-0.2, -0.15) is 9.61 Å². The number of hydrogen-bond acceptors (Lipinski definition) is 4. The Bertz CT molecular complexity index is 1490. The molecule has 4 aromatic rings. The predicted octanol–water partition coefficient (Wildman–Crippen LogP) is 5.23. The second kappa shape index (κ2) is 12.6. The van der Waals surface area contributed by atoms with E-state index < -0.39 is 0 Å². The van der Waals surface area contributed by atoms with E-state index in [0.29, 0.717) is 41.3 Å². The Morgan fingerprint density at radius 1 is 1.03 bits per heavy atom. The van der Waals surface area contributed by atoms with Gasteiger partial charge in [0.25, 0.3) is 5.91 Å². The maximum Gasteiger partial charge on any atom is 0.349 e. The lowest BCUT2D eigenvalue weighted by atomic mass is 10.0. The molecule has 0 saturated carbocycles. The van der Waals surface area contributed by atoms with Crippen LogP contribution in [-0.4, -0.2) is 63.1 Å². The Hall–Kier alpha value is -3.42. The standard InChI is InChI=1S/C31H38ClN5O2/c1-6-26(35(17-11-16-34(4)5)30(38)25-15-10-12-22(2)18-25)19-27-20-28-29(32)23(3)33-37(28)31(39)36(27)21-24-13-8-7-9-14-24/h7-10,12-15,18,20,26H,6,11,16-17,19,21H2,1-5H3. The lowest BCUT2D eigenvalue weighted by molar-refractivity contribution is 0.0662. The lowest BCUT2D eigenvalue weighted by Gasteiger charge is -2.33. The van der Waals surface area contributed by atoms with Gasteiger partial charge < -0.3 is 9.80 Å². The molecule has 206 valence electrons. The molecule has 1 atom stereocenters. The Morgan fingerprint density at radius 3 is 2.44 bits per heavy atom. The number of hydrogen-bond donors (Lipinski definition) is 0. The van der Waals surface area contributed by atoms with Gasteiger partial charge in [-0.15, -0.1) is 0 Å². The summed E-state index contributed by atoms with van der Waals surface area (Å²) >= 11 is 6.57. The van der Waals surface area contributed by atoms with Crippen molar-refractivity contribution in [3.63, 3.8) is 0 Å². The molecule has 39 heavy (non-hydrogen) atoms. The summed E-state index contributed by atoms with van der Waals surface area (Å²) in [5.74, 6) is 0.0144. The van der Waals surface area contributed by atoms with Crippen molar-refractivity contribution in [2.75, 3.05) is 27.2 Å². The van der Waals surface area contributed by atoms with Gasteiger partial charge in [0.1, 0.15) is 0 Å². The van der Waals surface area contributed by atoms with Crippen LogP contribution in [0.5, 0.6) is 0 Å². The third kappa shape index (κ3) is 6.60. The largest absolute Gasteiger partial charge is 0.349 e. The molecule has 0 radical (unpaired) electrons. The van der Waals surface area contributed by atoms with Crippen LogP contribution in [0.3, 0.4) is 0 Å². The summed E-state index contributed by atoms with van der Waals surface area (Å²) in [5.41, 5.74) is 4.56. The van der Waals surface area contributed by atoms with Crippen LogP contribution in [0.2, 0.25) is 5.02 Å². The Balaban J connectivity index is 1.77. The van der Waals surface area contributed by atoms with Crippen molar-refractivity contribution in [2.45, 2.75) is 52.6 Å². The monoisotopic (exact) mass is 547 g/mol. The summed E-state index contributed by atoms with van der Waals surface area (Å²) in [7, 11) is 4.08. The molecule has 0 saturated heterocycles. The van der Waals surface area contributed by atoms with Gasteiger partial charge in [-0.1, -0.05) is 66.6 Å². The van der Waals surface area contributed by atoms with Crippen LogP contribution in [0.1, 0.15) is 52.6 Å². The zero-order chi connectivity index (χ0) is 28.1. The molecule has 0 aliphatic carbocycles. The number of carbonyl (C=O) groups excluding carboxylic acids is 1. The number of carbonyl (C=O) groups is 1. The fraction of sp³-hybridized carbons (Fsp3) is 0.387.